The minimum atomic E-state index is -0.194. The minimum Gasteiger partial charge on any atom is -0.402 e. The summed E-state index contributed by atoms with van der Waals surface area (Å²) in [6.07, 6.45) is 3.24. The Labute approximate surface area is 90.6 Å². The molecule has 0 N–H and O–H groups in total. The highest BCUT2D eigenvalue weighted by Gasteiger charge is 2.53. The van der Waals surface area contributed by atoms with E-state index in [2.05, 4.69) is 39.2 Å². The molecular formula is C10H17BO2S. The Kier molecular flexibility index (Phi) is 2.49. The molecule has 0 aliphatic carbocycles. The van der Waals surface area contributed by atoms with Crippen LogP contribution in [-0.4, -0.2) is 23.5 Å². The van der Waals surface area contributed by atoms with Gasteiger partial charge in [0.2, 0.25) is 0 Å². The Morgan fingerprint density at radius 2 is 1.79 bits per heavy atom. The van der Waals surface area contributed by atoms with E-state index in [-0.39, 0.29) is 18.3 Å². The van der Waals surface area contributed by atoms with Crippen molar-refractivity contribution in [2.75, 3.05) is 0 Å². The van der Waals surface area contributed by atoms with E-state index in [1.54, 1.807) is 0 Å². The lowest BCUT2D eigenvalue weighted by atomic mass is 9.82. The summed E-state index contributed by atoms with van der Waals surface area (Å²) in [5.41, 5.74) is -0.387. The normalized spacial score (nSPS) is 34.0. The summed E-state index contributed by atoms with van der Waals surface area (Å²) < 4.78 is 11.9. The summed E-state index contributed by atoms with van der Waals surface area (Å²) >= 11 is 1.81. The van der Waals surface area contributed by atoms with Gasteiger partial charge in [-0.3, -0.25) is 0 Å². The smallest absolute Gasteiger partial charge is 0.402 e. The van der Waals surface area contributed by atoms with E-state index in [4.69, 9.17) is 9.31 Å². The zero-order valence-corrected chi connectivity index (χ0v) is 10.1. The van der Waals surface area contributed by atoms with E-state index in [9.17, 15) is 0 Å². The summed E-state index contributed by atoms with van der Waals surface area (Å²) in [6, 6.07) is 0. The number of hydrogen-bond acceptors (Lipinski definition) is 3. The van der Waals surface area contributed by atoms with Gasteiger partial charge in [0.05, 0.1) is 11.2 Å². The molecule has 78 valence electrons. The molecule has 0 radical (unpaired) electrons. The van der Waals surface area contributed by atoms with Crippen LogP contribution in [0, 0.1) is 0 Å². The van der Waals surface area contributed by atoms with Gasteiger partial charge in [0.25, 0.3) is 0 Å². The zero-order valence-electron chi connectivity index (χ0n) is 9.24. The van der Waals surface area contributed by atoms with E-state index in [0.717, 1.165) is 6.42 Å². The SMILES string of the molecule is CC1(C)OB(C2CC=CS2)OC1(C)C. The van der Waals surface area contributed by atoms with Crippen molar-refractivity contribution in [3.05, 3.63) is 11.5 Å². The van der Waals surface area contributed by atoms with Crippen LogP contribution in [0.15, 0.2) is 11.5 Å². The third kappa shape index (κ3) is 1.64. The van der Waals surface area contributed by atoms with Gasteiger partial charge < -0.3 is 9.31 Å². The first kappa shape index (κ1) is 10.6. The molecule has 4 heteroatoms. The van der Waals surface area contributed by atoms with Crippen molar-refractivity contribution in [2.45, 2.75) is 50.5 Å². The molecule has 14 heavy (non-hydrogen) atoms. The third-order valence-corrected chi connectivity index (χ3v) is 4.41. The van der Waals surface area contributed by atoms with Crippen LogP contribution < -0.4 is 0 Å². The molecule has 2 nitrogen and oxygen atoms in total. The molecule has 0 saturated carbocycles. The van der Waals surface area contributed by atoms with Gasteiger partial charge in [-0.25, -0.2) is 0 Å². The van der Waals surface area contributed by atoms with Crippen LogP contribution in [0.25, 0.3) is 0 Å². The highest BCUT2D eigenvalue weighted by atomic mass is 32.2. The van der Waals surface area contributed by atoms with Gasteiger partial charge in [0, 0.05) is 5.15 Å². The van der Waals surface area contributed by atoms with E-state index in [1.165, 1.54) is 0 Å². The number of hydrogen-bond donors (Lipinski definition) is 0. The Morgan fingerprint density at radius 1 is 1.21 bits per heavy atom. The molecule has 0 spiro atoms. The average molecular weight is 212 g/mol. The van der Waals surface area contributed by atoms with Crippen molar-refractivity contribution in [3.8, 4) is 0 Å². The van der Waals surface area contributed by atoms with Crippen LogP contribution in [0.4, 0.5) is 0 Å². The molecular weight excluding hydrogens is 195 g/mol. The highest BCUT2D eigenvalue weighted by Crippen LogP contribution is 2.41. The first-order valence-corrected chi connectivity index (χ1v) is 6.03. The molecule has 0 aromatic carbocycles. The number of thioether (sulfide) groups is 1. The molecule has 0 bridgehead atoms. The summed E-state index contributed by atoms with van der Waals surface area (Å²) in [6.45, 7) is 8.39. The van der Waals surface area contributed by atoms with Crippen molar-refractivity contribution < 1.29 is 9.31 Å². The first-order valence-electron chi connectivity index (χ1n) is 5.08. The lowest BCUT2D eigenvalue weighted by Gasteiger charge is -2.32. The second kappa shape index (κ2) is 3.29. The molecule has 2 aliphatic rings. The van der Waals surface area contributed by atoms with Crippen molar-refractivity contribution in [1.82, 2.24) is 0 Å². The van der Waals surface area contributed by atoms with Crippen LogP contribution in [0.5, 0.6) is 0 Å². The molecule has 0 amide bonds. The maximum Gasteiger partial charge on any atom is 0.472 e. The van der Waals surface area contributed by atoms with Gasteiger partial charge in [-0.05, 0) is 39.5 Å². The Morgan fingerprint density at radius 3 is 2.21 bits per heavy atom. The van der Waals surface area contributed by atoms with Gasteiger partial charge >= 0.3 is 7.12 Å². The van der Waals surface area contributed by atoms with Crippen molar-refractivity contribution in [1.29, 1.82) is 0 Å². The van der Waals surface area contributed by atoms with Gasteiger partial charge in [-0.15, -0.1) is 11.8 Å². The van der Waals surface area contributed by atoms with Gasteiger partial charge in [-0.2, -0.15) is 0 Å². The van der Waals surface area contributed by atoms with Gasteiger partial charge in [0.15, 0.2) is 0 Å². The topological polar surface area (TPSA) is 18.5 Å². The molecule has 1 atom stereocenters. The monoisotopic (exact) mass is 212 g/mol. The molecule has 2 rings (SSSR count). The molecule has 0 aromatic rings. The summed E-state index contributed by atoms with van der Waals surface area (Å²) in [5.74, 6) is 0. The van der Waals surface area contributed by atoms with Crippen LogP contribution in [0.1, 0.15) is 34.1 Å². The van der Waals surface area contributed by atoms with Crippen LogP contribution in [0.3, 0.4) is 0 Å². The molecule has 1 saturated heterocycles. The van der Waals surface area contributed by atoms with E-state index in [0.29, 0.717) is 5.15 Å². The van der Waals surface area contributed by atoms with E-state index < -0.39 is 0 Å². The third-order valence-electron chi connectivity index (χ3n) is 3.29. The predicted octanol–water partition coefficient (Wildman–Crippen LogP) is 2.64. The van der Waals surface area contributed by atoms with Crippen LogP contribution in [-0.2, 0) is 9.31 Å². The minimum absolute atomic E-state index is 0.0556. The summed E-state index contributed by atoms with van der Waals surface area (Å²) in [4.78, 5) is 0. The first-order chi connectivity index (χ1) is 6.42. The molecule has 0 aromatic heterocycles. The second-order valence-electron chi connectivity index (χ2n) is 4.91. The zero-order chi connectivity index (χ0) is 10.4. The van der Waals surface area contributed by atoms with Crippen molar-refractivity contribution >= 4 is 18.9 Å². The summed E-state index contributed by atoms with van der Waals surface area (Å²) in [5, 5.41) is 2.58. The largest absolute Gasteiger partial charge is 0.472 e. The van der Waals surface area contributed by atoms with E-state index >= 15 is 0 Å². The average Bonchev–Trinajstić information content (AvgIpc) is 2.58. The highest BCUT2D eigenvalue weighted by molar-refractivity contribution is 8.04. The Hall–Kier alpha value is 0.0749. The molecule has 1 fully saturated rings. The molecule has 2 aliphatic heterocycles. The van der Waals surface area contributed by atoms with Gasteiger partial charge in [-0.1, -0.05) is 6.08 Å². The van der Waals surface area contributed by atoms with Crippen molar-refractivity contribution in [2.24, 2.45) is 0 Å². The van der Waals surface area contributed by atoms with Crippen LogP contribution >= 0.6 is 11.8 Å². The lowest BCUT2D eigenvalue weighted by molar-refractivity contribution is 0.00578. The van der Waals surface area contributed by atoms with E-state index in [1.807, 2.05) is 11.8 Å². The summed E-state index contributed by atoms with van der Waals surface area (Å²) in [7, 11) is -0.0556. The number of rotatable bonds is 1. The number of allylic oxidation sites excluding steroid dienone is 1. The Balaban J connectivity index is 2.06. The Bertz CT molecular complexity index is 239. The molecule has 1 unspecified atom stereocenters. The maximum absolute atomic E-state index is 5.96. The maximum atomic E-state index is 5.96. The quantitative estimate of drug-likeness (QED) is 0.622. The van der Waals surface area contributed by atoms with Crippen molar-refractivity contribution in [3.63, 3.8) is 0 Å². The fourth-order valence-corrected chi connectivity index (χ4v) is 2.50. The lowest BCUT2D eigenvalue weighted by Crippen LogP contribution is -2.41. The predicted molar refractivity (Wildman–Crippen MR) is 61.2 cm³/mol. The van der Waals surface area contributed by atoms with Gasteiger partial charge in [0.1, 0.15) is 0 Å². The second-order valence-corrected chi connectivity index (χ2v) is 6.06. The standard InChI is InChI=1S/C10H17BO2S/c1-9(2)10(3,4)13-11(12-9)8-6-5-7-14-8/h5,7-8H,6H2,1-4H3. The molecule has 2 heterocycles. The fourth-order valence-electron chi connectivity index (χ4n) is 1.62. The fraction of sp³-hybridized carbons (Fsp3) is 0.800. The van der Waals surface area contributed by atoms with Crippen LogP contribution in [0.2, 0.25) is 0 Å².